The third-order valence-electron chi connectivity index (χ3n) is 5.28. The number of ether oxygens (including phenoxy) is 2. The highest BCUT2D eigenvalue weighted by Crippen LogP contribution is 2.33. The van der Waals surface area contributed by atoms with Gasteiger partial charge in [-0.15, -0.1) is 0 Å². The van der Waals surface area contributed by atoms with Gasteiger partial charge in [0.15, 0.2) is 0 Å². The number of morpholine rings is 1. The van der Waals surface area contributed by atoms with Crippen LogP contribution in [0.3, 0.4) is 0 Å². The summed E-state index contributed by atoms with van der Waals surface area (Å²) in [6.45, 7) is 4.85. The molecule has 1 heterocycles. The average molecular weight is 446 g/mol. The number of carbonyl (C=O) groups excluding carboxylic acids is 1. The number of aryl methyl sites for hydroxylation is 1. The SMILES string of the molecule is Cc1ccccc1C(=O)N1CCO[C@H]2[C@H](OCCN(C)C)CC[C@@H]21.O=C(O)C(F)(F)F. The Bertz CT molecular complexity index is 757. The maximum Gasteiger partial charge on any atom is 0.490 e. The van der Waals surface area contributed by atoms with Crippen molar-refractivity contribution in [3.8, 4) is 0 Å². The first kappa shape index (κ1) is 25.1. The van der Waals surface area contributed by atoms with Crippen molar-refractivity contribution in [3.05, 3.63) is 35.4 Å². The highest BCUT2D eigenvalue weighted by atomic mass is 19.4. The second-order valence-electron chi connectivity index (χ2n) is 7.81. The summed E-state index contributed by atoms with van der Waals surface area (Å²) in [5, 5.41) is 7.12. The predicted octanol–water partition coefficient (Wildman–Crippen LogP) is 2.58. The van der Waals surface area contributed by atoms with Gasteiger partial charge in [-0.2, -0.15) is 13.2 Å². The monoisotopic (exact) mass is 446 g/mol. The molecule has 174 valence electrons. The maximum absolute atomic E-state index is 13.0. The van der Waals surface area contributed by atoms with Crippen molar-refractivity contribution in [2.24, 2.45) is 0 Å². The Kier molecular flexibility index (Phi) is 8.84. The number of fused-ring (bicyclic) bond motifs is 1. The van der Waals surface area contributed by atoms with Gasteiger partial charge < -0.3 is 24.4 Å². The van der Waals surface area contributed by atoms with Gasteiger partial charge in [0.1, 0.15) is 6.10 Å². The molecule has 1 amide bonds. The molecular formula is C21H29F3N2O5. The van der Waals surface area contributed by atoms with E-state index in [4.69, 9.17) is 19.4 Å². The molecule has 10 heteroatoms. The number of alkyl halides is 3. The predicted molar refractivity (Wildman–Crippen MR) is 107 cm³/mol. The molecule has 1 aliphatic heterocycles. The van der Waals surface area contributed by atoms with Crippen molar-refractivity contribution in [1.82, 2.24) is 9.80 Å². The summed E-state index contributed by atoms with van der Waals surface area (Å²) in [6.07, 6.45) is -3.06. The van der Waals surface area contributed by atoms with Crippen molar-refractivity contribution in [2.45, 2.75) is 44.2 Å². The highest BCUT2D eigenvalue weighted by Gasteiger charge is 2.45. The van der Waals surface area contributed by atoms with E-state index in [0.29, 0.717) is 19.8 Å². The van der Waals surface area contributed by atoms with E-state index in [1.165, 1.54) is 0 Å². The van der Waals surface area contributed by atoms with Gasteiger partial charge in [-0.25, -0.2) is 4.79 Å². The molecule has 7 nitrogen and oxygen atoms in total. The molecule has 1 aromatic carbocycles. The van der Waals surface area contributed by atoms with Gasteiger partial charge in [0.25, 0.3) is 5.91 Å². The van der Waals surface area contributed by atoms with Crippen LogP contribution in [0.25, 0.3) is 0 Å². The first-order valence-corrected chi connectivity index (χ1v) is 10.1. The van der Waals surface area contributed by atoms with Crippen LogP contribution in [-0.2, 0) is 14.3 Å². The molecule has 0 bridgehead atoms. The van der Waals surface area contributed by atoms with E-state index < -0.39 is 12.1 Å². The Balaban J connectivity index is 0.000000423. The molecular weight excluding hydrogens is 417 g/mol. The number of carboxylic acid groups (broad SMARTS) is 1. The van der Waals surface area contributed by atoms with Crippen LogP contribution in [0, 0.1) is 6.92 Å². The van der Waals surface area contributed by atoms with E-state index in [0.717, 1.165) is 30.5 Å². The number of aliphatic carboxylic acids is 1. The lowest BCUT2D eigenvalue weighted by molar-refractivity contribution is -0.192. The summed E-state index contributed by atoms with van der Waals surface area (Å²) in [5.74, 6) is -2.63. The smallest absolute Gasteiger partial charge is 0.475 e. The number of hydrogen-bond donors (Lipinski definition) is 1. The van der Waals surface area contributed by atoms with Crippen LogP contribution >= 0.6 is 0 Å². The first-order chi connectivity index (χ1) is 14.5. The molecule has 1 aromatic rings. The number of amides is 1. The van der Waals surface area contributed by atoms with E-state index >= 15 is 0 Å². The van der Waals surface area contributed by atoms with Gasteiger partial charge in [-0.05, 0) is 45.5 Å². The summed E-state index contributed by atoms with van der Waals surface area (Å²) in [7, 11) is 4.08. The lowest BCUT2D eigenvalue weighted by Gasteiger charge is -2.39. The van der Waals surface area contributed by atoms with E-state index in [9.17, 15) is 18.0 Å². The van der Waals surface area contributed by atoms with E-state index in [1.54, 1.807) is 0 Å². The molecule has 3 atom stereocenters. The lowest BCUT2D eigenvalue weighted by atomic mass is 10.0. The van der Waals surface area contributed by atoms with E-state index in [2.05, 4.69) is 4.90 Å². The minimum atomic E-state index is -5.08. The minimum Gasteiger partial charge on any atom is -0.475 e. The van der Waals surface area contributed by atoms with E-state index in [1.807, 2.05) is 50.2 Å². The number of nitrogens with zero attached hydrogens (tertiary/aromatic N) is 2. The fraction of sp³-hybridized carbons (Fsp3) is 0.619. The Morgan fingerprint density at radius 3 is 2.48 bits per heavy atom. The maximum atomic E-state index is 13.0. The molecule has 2 aliphatic rings. The fourth-order valence-electron chi connectivity index (χ4n) is 3.70. The third-order valence-corrected chi connectivity index (χ3v) is 5.28. The quantitative estimate of drug-likeness (QED) is 0.749. The van der Waals surface area contributed by atoms with Crippen LogP contribution in [0.2, 0.25) is 0 Å². The number of benzene rings is 1. The number of hydrogen-bond acceptors (Lipinski definition) is 5. The van der Waals surface area contributed by atoms with Crippen LogP contribution < -0.4 is 0 Å². The minimum absolute atomic E-state index is 0.00822. The highest BCUT2D eigenvalue weighted by molar-refractivity contribution is 5.96. The summed E-state index contributed by atoms with van der Waals surface area (Å²) in [6, 6.07) is 7.95. The second-order valence-corrected chi connectivity index (χ2v) is 7.81. The normalized spacial score (nSPS) is 23.2. The summed E-state index contributed by atoms with van der Waals surface area (Å²) >= 11 is 0. The zero-order valence-corrected chi connectivity index (χ0v) is 17.9. The number of likely N-dealkylation sites (N-methyl/N-ethyl adjacent to an activating group) is 1. The Labute approximate surface area is 179 Å². The van der Waals surface area contributed by atoms with Crippen LogP contribution in [0.15, 0.2) is 24.3 Å². The lowest BCUT2D eigenvalue weighted by Crippen LogP contribution is -2.54. The molecule has 31 heavy (non-hydrogen) atoms. The van der Waals surface area contributed by atoms with Gasteiger partial charge in [0.2, 0.25) is 0 Å². The first-order valence-electron chi connectivity index (χ1n) is 10.1. The van der Waals surface area contributed by atoms with Gasteiger partial charge in [-0.3, -0.25) is 4.79 Å². The Morgan fingerprint density at radius 1 is 1.26 bits per heavy atom. The topological polar surface area (TPSA) is 79.3 Å². The summed E-state index contributed by atoms with van der Waals surface area (Å²) in [5.41, 5.74) is 1.83. The standard InChI is InChI=1S/C19H28N2O3.C2HF3O2/c1-14-6-4-5-7-15(14)19(22)21-11-13-24-18-16(21)8-9-17(18)23-12-10-20(2)3;3-2(4,5)1(6)7/h4-7,16-18H,8-13H2,1-3H3;(H,6,7)/t16-,17+,18+;/m0./s1. The molecule has 1 aliphatic carbocycles. The van der Waals surface area contributed by atoms with Crippen LogP contribution in [0.1, 0.15) is 28.8 Å². The third kappa shape index (κ3) is 6.91. The van der Waals surface area contributed by atoms with E-state index in [-0.39, 0.29) is 24.2 Å². The van der Waals surface area contributed by atoms with Gasteiger partial charge in [0, 0.05) is 18.7 Å². The van der Waals surface area contributed by atoms with Crippen molar-refractivity contribution >= 4 is 11.9 Å². The molecule has 0 unspecified atom stereocenters. The molecule has 0 aromatic heterocycles. The van der Waals surface area contributed by atoms with Crippen LogP contribution in [0.4, 0.5) is 13.2 Å². The van der Waals surface area contributed by atoms with Gasteiger partial charge in [0.05, 0.1) is 25.4 Å². The summed E-state index contributed by atoms with van der Waals surface area (Å²) < 4.78 is 43.8. The van der Waals surface area contributed by atoms with Gasteiger partial charge in [-0.1, -0.05) is 18.2 Å². The van der Waals surface area contributed by atoms with Crippen molar-refractivity contribution in [3.63, 3.8) is 0 Å². The van der Waals surface area contributed by atoms with Crippen LogP contribution in [0.5, 0.6) is 0 Å². The zero-order chi connectivity index (χ0) is 23.2. The molecule has 1 N–H and O–H groups in total. The number of carbonyl (C=O) groups is 2. The average Bonchev–Trinajstić information content (AvgIpc) is 3.10. The number of rotatable bonds is 5. The number of carboxylic acids is 1. The van der Waals surface area contributed by atoms with Gasteiger partial charge >= 0.3 is 12.1 Å². The summed E-state index contributed by atoms with van der Waals surface area (Å²) in [4.78, 5) is 26.0. The molecule has 0 radical (unpaired) electrons. The second kappa shape index (κ2) is 10.9. The van der Waals surface area contributed by atoms with Crippen molar-refractivity contribution in [1.29, 1.82) is 0 Å². The van der Waals surface area contributed by atoms with Crippen molar-refractivity contribution < 1.29 is 37.3 Å². The molecule has 0 spiro atoms. The Morgan fingerprint density at radius 2 is 1.90 bits per heavy atom. The fourth-order valence-corrected chi connectivity index (χ4v) is 3.70. The molecule has 2 fully saturated rings. The number of halogens is 3. The van der Waals surface area contributed by atoms with Crippen molar-refractivity contribution in [2.75, 3.05) is 40.4 Å². The Hall–Kier alpha value is -2.17. The van der Waals surface area contributed by atoms with Crippen LogP contribution in [-0.4, -0.2) is 91.6 Å². The zero-order valence-electron chi connectivity index (χ0n) is 17.9. The molecule has 3 rings (SSSR count). The molecule has 1 saturated carbocycles. The molecule has 1 saturated heterocycles. The largest absolute Gasteiger partial charge is 0.490 e.